The fraction of sp³-hybridized carbons (Fsp3) is 0.0833. The van der Waals surface area contributed by atoms with Crippen molar-refractivity contribution in [3.8, 4) is 0 Å². The Bertz CT molecular complexity index is 517. The molecule has 0 bridgehead atoms. The first-order valence-corrected chi connectivity index (χ1v) is 4.67. The molecular formula is C12H8F2O2. The molecule has 2 aromatic rings. The van der Waals surface area contributed by atoms with Crippen molar-refractivity contribution in [3.05, 3.63) is 59.1 Å². The molecule has 0 saturated carbocycles. The molecule has 4 heteroatoms. The lowest BCUT2D eigenvalue weighted by molar-refractivity contribution is 0.109. The highest BCUT2D eigenvalue weighted by atomic mass is 19.2. The van der Waals surface area contributed by atoms with E-state index in [2.05, 4.69) is 0 Å². The molecule has 0 spiro atoms. The monoisotopic (exact) mass is 222 g/mol. The molecule has 16 heavy (non-hydrogen) atoms. The van der Waals surface area contributed by atoms with Gasteiger partial charge in [-0.05, 0) is 29.8 Å². The first-order chi connectivity index (χ1) is 7.69. The van der Waals surface area contributed by atoms with Crippen LogP contribution in [0.1, 0.15) is 21.9 Å². The molecule has 0 aliphatic carbocycles. The van der Waals surface area contributed by atoms with Crippen LogP contribution in [0.3, 0.4) is 0 Å². The highest BCUT2D eigenvalue weighted by Crippen LogP contribution is 2.14. The van der Waals surface area contributed by atoms with Crippen molar-refractivity contribution >= 4 is 6.29 Å². The number of hydrogen-bond donors (Lipinski definition) is 0. The highest BCUT2D eigenvalue weighted by Gasteiger charge is 2.06. The van der Waals surface area contributed by atoms with E-state index >= 15 is 0 Å². The quantitative estimate of drug-likeness (QED) is 0.747. The molecule has 1 aromatic carbocycles. The summed E-state index contributed by atoms with van der Waals surface area (Å²) in [5.74, 6) is -1.01. The van der Waals surface area contributed by atoms with Crippen molar-refractivity contribution in [1.82, 2.24) is 0 Å². The summed E-state index contributed by atoms with van der Waals surface area (Å²) in [7, 11) is 0. The maximum absolute atomic E-state index is 12.9. The molecule has 0 saturated heterocycles. The summed E-state index contributed by atoms with van der Waals surface area (Å²) in [6, 6.07) is 6.81. The van der Waals surface area contributed by atoms with Gasteiger partial charge in [-0.1, -0.05) is 6.07 Å². The van der Waals surface area contributed by atoms with Crippen LogP contribution >= 0.6 is 0 Å². The second-order valence-electron chi connectivity index (χ2n) is 3.35. The number of furan rings is 1. The van der Waals surface area contributed by atoms with Crippen LogP contribution in [-0.2, 0) is 6.42 Å². The molecule has 2 rings (SSSR count). The van der Waals surface area contributed by atoms with E-state index in [-0.39, 0.29) is 5.76 Å². The third kappa shape index (κ3) is 2.16. The fourth-order valence-electron chi connectivity index (χ4n) is 1.40. The van der Waals surface area contributed by atoms with Gasteiger partial charge >= 0.3 is 0 Å². The smallest absolute Gasteiger partial charge is 0.185 e. The minimum atomic E-state index is -0.889. The van der Waals surface area contributed by atoms with E-state index in [1.807, 2.05) is 0 Å². The van der Waals surface area contributed by atoms with Gasteiger partial charge in [0.25, 0.3) is 0 Å². The van der Waals surface area contributed by atoms with Crippen LogP contribution in [0.4, 0.5) is 8.78 Å². The molecule has 0 aliphatic rings. The van der Waals surface area contributed by atoms with E-state index in [4.69, 9.17) is 4.42 Å². The number of carbonyl (C=O) groups is 1. The van der Waals surface area contributed by atoms with Crippen molar-refractivity contribution in [2.24, 2.45) is 0 Å². The Labute approximate surface area is 90.5 Å². The van der Waals surface area contributed by atoms with Crippen LogP contribution in [0.2, 0.25) is 0 Å². The minimum absolute atomic E-state index is 0.220. The van der Waals surface area contributed by atoms with Gasteiger partial charge in [0.05, 0.1) is 0 Å². The number of halogens is 2. The van der Waals surface area contributed by atoms with E-state index in [0.717, 1.165) is 12.1 Å². The van der Waals surface area contributed by atoms with Gasteiger partial charge in [-0.3, -0.25) is 4.79 Å². The normalized spacial score (nSPS) is 10.4. The zero-order valence-electron chi connectivity index (χ0n) is 8.24. The van der Waals surface area contributed by atoms with E-state index in [1.54, 1.807) is 6.07 Å². The Morgan fingerprint density at radius 2 is 1.94 bits per heavy atom. The fourth-order valence-corrected chi connectivity index (χ4v) is 1.40. The summed E-state index contributed by atoms with van der Waals surface area (Å²) in [4.78, 5) is 10.4. The number of benzene rings is 1. The second-order valence-corrected chi connectivity index (χ2v) is 3.35. The Kier molecular flexibility index (Phi) is 2.81. The summed E-state index contributed by atoms with van der Waals surface area (Å²) in [6.07, 6.45) is 0.916. The number of aldehydes is 1. The minimum Gasteiger partial charge on any atom is -0.458 e. The van der Waals surface area contributed by atoms with Crippen molar-refractivity contribution in [3.63, 3.8) is 0 Å². The Balaban J connectivity index is 2.20. The van der Waals surface area contributed by atoms with E-state index < -0.39 is 11.6 Å². The molecule has 82 valence electrons. The van der Waals surface area contributed by atoms with Gasteiger partial charge in [-0.2, -0.15) is 0 Å². The topological polar surface area (TPSA) is 30.2 Å². The van der Waals surface area contributed by atoms with Gasteiger partial charge in [0.15, 0.2) is 23.7 Å². The highest BCUT2D eigenvalue weighted by molar-refractivity contribution is 5.70. The molecule has 0 aliphatic heterocycles. The van der Waals surface area contributed by atoms with E-state index in [1.165, 1.54) is 12.1 Å². The lowest BCUT2D eigenvalue weighted by Gasteiger charge is -1.99. The largest absolute Gasteiger partial charge is 0.458 e. The lowest BCUT2D eigenvalue weighted by Crippen LogP contribution is -1.90. The Morgan fingerprint density at radius 1 is 1.12 bits per heavy atom. The van der Waals surface area contributed by atoms with Crippen LogP contribution in [0, 0.1) is 11.6 Å². The average molecular weight is 222 g/mol. The summed E-state index contributed by atoms with van der Waals surface area (Å²) < 4.78 is 30.7. The Hall–Kier alpha value is -1.97. The van der Waals surface area contributed by atoms with Crippen LogP contribution in [-0.4, -0.2) is 6.29 Å². The van der Waals surface area contributed by atoms with E-state index in [9.17, 15) is 13.6 Å². The predicted molar refractivity (Wildman–Crippen MR) is 53.3 cm³/mol. The third-order valence-corrected chi connectivity index (χ3v) is 2.16. The maximum Gasteiger partial charge on any atom is 0.185 e. The first-order valence-electron chi connectivity index (χ1n) is 4.67. The van der Waals surface area contributed by atoms with E-state index in [0.29, 0.717) is 24.0 Å². The molecule has 1 aromatic heterocycles. The van der Waals surface area contributed by atoms with Crippen molar-refractivity contribution in [2.75, 3.05) is 0 Å². The molecule has 0 radical (unpaired) electrons. The Morgan fingerprint density at radius 3 is 2.56 bits per heavy atom. The number of rotatable bonds is 3. The molecule has 0 fully saturated rings. The van der Waals surface area contributed by atoms with Crippen molar-refractivity contribution in [2.45, 2.75) is 6.42 Å². The van der Waals surface area contributed by atoms with Crippen LogP contribution in [0.5, 0.6) is 0 Å². The molecule has 0 atom stereocenters. The standard InChI is InChI=1S/C12H8F2O2/c13-11-4-1-8(6-12(11)14)5-9-2-3-10(7-15)16-9/h1-4,6-7H,5H2. The van der Waals surface area contributed by atoms with Gasteiger partial charge in [0.2, 0.25) is 0 Å². The summed E-state index contributed by atoms with van der Waals surface area (Å²) in [6.45, 7) is 0. The number of carbonyl (C=O) groups excluding carboxylic acids is 1. The summed E-state index contributed by atoms with van der Waals surface area (Å²) >= 11 is 0. The number of hydrogen-bond acceptors (Lipinski definition) is 2. The van der Waals surface area contributed by atoms with Crippen LogP contribution < -0.4 is 0 Å². The van der Waals surface area contributed by atoms with Crippen molar-refractivity contribution < 1.29 is 18.0 Å². The summed E-state index contributed by atoms with van der Waals surface area (Å²) in [5.41, 5.74) is 0.589. The van der Waals surface area contributed by atoms with Gasteiger partial charge in [-0.25, -0.2) is 8.78 Å². The second kappa shape index (κ2) is 4.26. The van der Waals surface area contributed by atoms with Crippen LogP contribution in [0.25, 0.3) is 0 Å². The first kappa shape index (κ1) is 10.5. The predicted octanol–water partition coefficient (Wildman–Crippen LogP) is 2.96. The average Bonchev–Trinajstić information content (AvgIpc) is 2.71. The lowest BCUT2D eigenvalue weighted by atomic mass is 10.1. The van der Waals surface area contributed by atoms with Crippen molar-refractivity contribution in [1.29, 1.82) is 0 Å². The van der Waals surface area contributed by atoms with Gasteiger partial charge in [0.1, 0.15) is 5.76 Å². The molecule has 2 nitrogen and oxygen atoms in total. The molecule has 0 N–H and O–H groups in total. The van der Waals surface area contributed by atoms with Gasteiger partial charge in [-0.15, -0.1) is 0 Å². The SMILES string of the molecule is O=Cc1ccc(Cc2ccc(F)c(F)c2)o1. The summed E-state index contributed by atoms with van der Waals surface area (Å²) in [5, 5.41) is 0. The maximum atomic E-state index is 12.9. The molecule has 0 amide bonds. The van der Waals surface area contributed by atoms with Gasteiger partial charge in [0, 0.05) is 6.42 Å². The molecular weight excluding hydrogens is 214 g/mol. The third-order valence-electron chi connectivity index (χ3n) is 2.16. The zero-order valence-corrected chi connectivity index (χ0v) is 8.24. The van der Waals surface area contributed by atoms with Gasteiger partial charge < -0.3 is 4.42 Å². The molecule has 0 unspecified atom stereocenters. The zero-order chi connectivity index (χ0) is 11.5. The molecule has 1 heterocycles. The van der Waals surface area contributed by atoms with Crippen LogP contribution in [0.15, 0.2) is 34.7 Å².